The fraction of sp³-hybridized carbons (Fsp3) is 0.500. The Hall–Kier alpha value is -1.22. The minimum Gasteiger partial charge on any atom is -0.396 e. The summed E-state index contributed by atoms with van der Waals surface area (Å²) in [6.45, 7) is 2.07. The second kappa shape index (κ2) is 6.80. The number of nitrogens with zero attached hydrogens (tertiary/aromatic N) is 1. The van der Waals surface area contributed by atoms with Crippen molar-refractivity contribution < 1.29 is 9.84 Å². The van der Waals surface area contributed by atoms with Gasteiger partial charge in [0.2, 0.25) is 0 Å². The maximum absolute atomic E-state index is 9.40. The van der Waals surface area contributed by atoms with E-state index in [1.54, 1.807) is 11.8 Å². The Morgan fingerprint density at radius 2 is 2.21 bits per heavy atom. The number of rotatable bonds is 7. The number of hydrogen-bond donors (Lipinski definition) is 2. The molecule has 1 fully saturated rings. The largest absolute Gasteiger partial charge is 0.396 e. The van der Waals surface area contributed by atoms with Crippen LogP contribution in [0.2, 0.25) is 0 Å². The molecule has 102 valence electrons. The van der Waals surface area contributed by atoms with E-state index < -0.39 is 0 Å². The third-order valence-electron chi connectivity index (χ3n) is 3.16. The number of aliphatic hydroxyl groups excluding tert-OH is 1. The molecular weight excluding hydrogens is 260 g/mol. The molecule has 1 aromatic rings. The minimum absolute atomic E-state index is 0.134. The fourth-order valence-electron chi connectivity index (χ4n) is 1.87. The molecule has 0 radical (unpaired) electrons. The van der Waals surface area contributed by atoms with Crippen molar-refractivity contribution in [3.8, 4) is 6.07 Å². The smallest absolute Gasteiger partial charge is 0.0630 e. The summed E-state index contributed by atoms with van der Waals surface area (Å²) in [6, 6.07) is 10.2. The number of nitrogens with one attached hydrogen (secondary N) is 1. The van der Waals surface area contributed by atoms with Crippen molar-refractivity contribution in [2.75, 3.05) is 37.4 Å². The molecular formula is C14H18N2O2S. The van der Waals surface area contributed by atoms with Crippen molar-refractivity contribution in [2.45, 2.75) is 11.3 Å². The lowest BCUT2D eigenvalue weighted by molar-refractivity contribution is -0.128. The van der Waals surface area contributed by atoms with Gasteiger partial charge in [-0.2, -0.15) is 5.26 Å². The molecule has 0 saturated carbocycles. The molecule has 1 aliphatic heterocycles. The Morgan fingerprint density at radius 3 is 2.84 bits per heavy atom. The van der Waals surface area contributed by atoms with Crippen LogP contribution in [0.5, 0.6) is 0 Å². The number of anilines is 1. The minimum atomic E-state index is -0.134. The van der Waals surface area contributed by atoms with E-state index in [2.05, 4.69) is 11.4 Å². The highest BCUT2D eigenvalue weighted by molar-refractivity contribution is 7.99. The molecule has 1 aliphatic rings. The van der Waals surface area contributed by atoms with E-state index in [0.717, 1.165) is 16.3 Å². The van der Waals surface area contributed by atoms with Gasteiger partial charge in [0, 0.05) is 29.3 Å². The fourth-order valence-corrected chi connectivity index (χ4v) is 2.75. The maximum atomic E-state index is 9.40. The van der Waals surface area contributed by atoms with Crippen LogP contribution in [0.15, 0.2) is 29.2 Å². The molecule has 0 amide bonds. The Kier molecular flexibility index (Phi) is 5.08. The van der Waals surface area contributed by atoms with E-state index in [1.807, 2.05) is 24.3 Å². The van der Waals surface area contributed by atoms with Crippen LogP contribution in [0.25, 0.3) is 0 Å². The number of benzene rings is 1. The number of ether oxygens (including phenoxy) is 1. The van der Waals surface area contributed by atoms with Gasteiger partial charge < -0.3 is 15.2 Å². The summed E-state index contributed by atoms with van der Waals surface area (Å²) >= 11 is 1.68. The van der Waals surface area contributed by atoms with Gasteiger partial charge in [0.1, 0.15) is 0 Å². The second-order valence-corrected chi connectivity index (χ2v) is 5.89. The first-order valence-corrected chi connectivity index (χ1v) is 7.29. The summed E-state index contributed by atoms with van der Waals surface area (Å²) in [7, 11) is 0. The Labute approximate surface area is 117 Å². The molecule has 0 bridgehead atoms. The molecule has 1 heterocycles. The summed E-state index contributed by atoms with van der Waals surface area (Å²) in [5.41, 5.74) is 0.926. The van der Waals surface area contributed by atoms with Gasteiger partial charge in [-0.05, 0) is 12.1 Å². The lowest BCUT2D eigenvalue weighted by Gasteiger charge is -2.40. The third-order valence-corrected chi connectivity index (χ3v) is 4.24. The summed E-state index contributed by atoms with van der Waals surface area (Å²) in [6.07, 6.45) is 0.549. The lowest BCUT2D eigenvalue weighted by Crippen LogP contribution is -2.50. The van der Waals surface area contributed by atoms with E-state index in [4.69, 9.17) is 10.00 Å². The molecule has 0 atom stereocenters. The van der Waals surface area contributed by atoms with E-state index in [-0.39, 0.29) is 12.0 Å². The molecule has 2 N–H and O–H groups in total. The highest BCUT2D eigenvalue weighted by Crippen LogP contribution is 2.31. The number of aliphatic hydroxyl groups is 1. The summed E-state index contributed by atoms with van der Waals surface area (Å²) in [4.78, 5) is 1.14. The molecule has 4 nitrogen and oxygen atoms in total. The van der Waals surface area contributed by atoms with Crippen LogP contribution in [0.3, 0.4) is 0 Å². The molecule has 5 heteroatoms. The quantitative estimate of drug-likeness (QED) is 0.591. The van der Waals surface area contributed by atoms with Crippen LogP contribution in [-0.2, 0) is 4.74 Å². The zero-order valence-corrected chi connectivity index (χ0v) is 11.6. The van der Waals surface area contributed by atoms with Crippen LogP contribution < -0.4 is 5.32 Å². The van der Waals surface area contributed by atoms with Crippen molar-refractivity contribution in [1.82, 2.24) is 0 Å². The van der Waals surface area contributed by atoms with Crippen molar-refractivity contribution >= 4 is 17.4 Å². The number of hydrogen-bond acceptors (Lipinski definition) is 5. The number of thioether (sulfide) groups is 1. The standard InChI is InChI=1S/C14H18N2O2S/c15-6-3-7-19-13-5-2-1-4-12(13)16-8-14(9-17)10-18-11-14/h1-2,4-5,16-17H,3,7-11H2. The van der Waals surface area contributed by atoms with Gasteiger partial charge in [-0.25, -0.2) is 0 Å². The van der Waals surface area contributed by atoms with Crippen LogP contribution >= 0.6 is 11.8 Å². The van der Waals surface area contributed by atoms with Gasteiger partial charge in [-0.1, -0.05) is 12.1 Å². The Morgan fingerprint density at radius 1 is 1.42 bits per heavy atom. The number of para-hydroxylation sites is 1. The van der Waals surface area contributed by atoms with E-state index in [9.17, 15) is 5.11 Å². The van der Waals surface area contributed by atoms with E-state index >= 15 is 0 Å². The number of nitriles is 1. The zero-order valence-electron chi connectivity index (χ0n) is 10.8. The lowest BCUT2D eigenvalue weighted by atomic mass is 9.87. The normalized spacial score (nSPS) is 16.4. The first kappa shape index (κ1) is 14.2. The molecule has 0 aromatic heterocycles. The van der Waals surface area contributed by atoms with Gasteiger partial charge in [-0.3, -0.25) is 0 Å². The molecule has 1 aromatic carbocycles. The molecule has 0 unspecified atom stereocenters. The molecule has 0 spiro atoms. The Bertz CT molecular complexity index is 449. The first-order chi connectivity index (χ1) is 9.29. The van der Waals surface area contributed by atoms with Gasteiger partial charge >= 0.3 is 0 Å². The van der Waals surface area contributed by atoms with Gasteiger partial charge in [-0.15, -0.1) is 11.8 Å². The van der Waals surface area contributed by atoms with E-state index in [0.29, 0.717) is 26.2 Å². The SMILES string of the molecule is N#CCCSc1ccccc1NCC1(CO)COC1. The predicted molar refractivity (Wildman–Crippen MR) is 76.2 cm³/mol. The van der Waals surface area contributed by atoms with Crippen LogP contribution in [0.1, 0.15) is 6.42 Å². The van der Waals surface area contributed by atoms with Gasteiger partial charge in [0.15, 0.2) is 0 Å². The average Bonchev–Trinajstić information content (AvgIpc) is 2.40. The average molecular weight is 278 g/mol. The second-order valence-electron chi connectivity index (χ2n) is 4.76. The molecule has 2 rings (SSSR count). The summed E-state index contributed by atoms with van der Waals surface area (Å²) in [5, 5.41) is 21.4. The third kappa shape index (κ3) is 3.63. The van der Waals surface area contributed by atoms with Crippen molar-refractivity contribution in [1.29, 1.82) is 5.26 Å². The summed E-state index contributed by atoms with van der Waals surface area (Å²) < 4.78 is 5.19. The monoisotopic (exact) mass is 278 g/mol. The first-order valence-electron chi connectivity index (χ1n) is 6.31. The van der Waals surface area contributed by atoms with Crippen molar-refractivity contribution in [3.63, 3.8) is 0 Å². The van der Waals surface area contributed by atoms with Crippen LogP contribution in [0, 0.1) is 16.7 Å². The van der Waals surface area contributed by atoms with Gasteiger partial charge in [0.25, 0.3) is 0 Å². The molecule has 19 heavy (non-hydrogen) atoms. The highest BCUT2D eigenvalue weighted by Gasteiger charge is 2.37. The zero-order chi connectivity index (χ0) is 13.6. The van der Waals surface area contributed by atoms with Crippen LogP contribution in [0.4, 0.5) is 5.69 Å². The predicted octanol–water partition coefficient (Wildman–Crippen LogP) is 2.11. The Balaban J connectivity index is 1.93. The highest BCUT2D eigenvalue weighted by atomic mass is 32.2. The van der Waals surface area contributed by atoms with Crippen molar-refractivity contribution in [3.05, 3.63) is 24.3 Å². The van der Waals surface area contributed by atoms with Crippen LogP contribution in [-0.4, -0.2) is 37.2 Å². The maximum Gasteiger partial charge on any atom is 0.0630 e. The van der Waals surface area contributed by atoms with Gasteiger partial charge in [0.05, 0.1) is 31.3 Å². The van der Waals surface area contributed by atoms with Crippen molar-refractivity contribution in [2.24, 2.45) is 5.41 Å². The summed E-state index contributed by atoms with van der Waals surface area (Å²) in [5.74, 6) is 0.795. The molecule has 1 saturated heterocycles. The van der Waals surface area contributed by atoms with E-state index in [1.165, 1.54) is 0 Å². The molecule has 0 aliphatic carbocycles. The topological polar surface area (TPSA) is 65.3 Å².